The quantitative estimate of drug-likeness (QED) is 0.399. The first-order valence-electron chi connectivity index (χ1n) is 9.72. The van der Waals surface area contributed by atoms with E-state index < -0.39 is 5.41 Å². The van der Waals surface area contributed by atoms with Crippen LogP contribution in [-0.2, 0) is 21.4 Å². The Labute approximate surface area is 171 Å². The van der Waals surface area contributed by atoms with Gasteiger partial charge in [0.15, 0.2) is 0 Å². The summed E-state index contributed by atoms with van der Waals surface area (Å²) in [6.07, 6.45) is 9.95. The molecule has 150 valence electrons. The summed E-state index contributed by atoms with van der Waals surface area (Å²) in [6.45, 7) is 5.49. The third kappa shape index (κ3) is 4.43. The normalized spacial score (nSPS) is 17.8. The Hall–Kier alpha value is -3.27. The number of aryl methyl sites for hydroxylation is 1. The van der Waals surface area contributed by atoms with Gasteiger partial charge in [-0.15, -0.1) is 0 Å². The highest BCUT2D eigenvalue weighted by Gasteiger charge is 2.36. The van der Waals surface area contributed by atoms with Crippen LogP contribution >= 0.6 is 0 Å². The molecule has 0 saturated heterocycles. The molecule has 1 unspecified atom stereocenters. The number of hydrogen-bond acceptors (Lipinski definition) is 4. The Morgan fingerprint density at radius 1 is 1.10 bits per heavy atom. The molecule has 0 amide bonds. The van der Waals surface area contributed by atoms with Crippen molar-refractivity contribution in [3.8, 4) is 11.5 Å². The number of phenolic OH excluding ortho intramolecular Hbond substituents is 2. The highest BCUT2D eigenvalue weighted by molar-refractivity contribution is 5.86. The van der Waals surface area contributed by atoms with Crippen molar-refractivity contribution in [3.05, 3.63) is 95.6 Å². The van der Waals surface area contributed by atoms with Crippen molar-refractivity contribution in [2.24, 2.45) is 0 Å². The van der Waals surface area contributed by atoms with Crippen LogP contribution in [0.2, 0.25) is 0 Å². The van der Waals surface area contributed by atoms with Gasteiger partial charge in [0.05, 0.1) is 6.61 Å². The molecule has 0 saturated carbocycles. The molecule has 0 bridgehead atoms. The highest BCUT2D eigenvalue weighted by atomic mass is 16.5. The highest BCUT2D eigenvalue weighted by Crippen LogP contribution is 2.46. The van der Waals surface area contributed by atoms with Gasteiger partial charge in [-0.2, -0.15) is 0 Å². The maximum absolute atomic E-state index is 11.4. The molecule has 1 atom stereocenters. The van der Waals surface area contributed by atoms with Crippen LogP contribution in [0.25, 0.3) is 0 Å². The zero-order valence-corrected chi connectivity index (χ0v) is 16.6. The molecule has 2 aromatic carbocycles. The van der Waals surface area contributed by atoms with Gasteiger partial charge in [0, 0.05) is 22.1 Å². The number of allylic oxidation sites excluding steroid dienone is 4. The summed E-state index contributed by atoms with van der Waals surface area (Å²) in [7, 11) is 0. The first-order chi connectivity index (χ1) is 13.9. The van der Waals surface area contributed by atoms with E-state index in [-0.39, 0.29) is 17.5 Å². The molecule has 0 heterocycles. The van der Waals surface area contributed by atoms with E-state index in [2.05, 4.69) is 6.58 Å². The SMILES string of the molecule is C=C(C)C(=O)OCCCc1ccc(C2(c3ccccc3O)C=CC=CC2)c(O)c1. The topological polar surface area (TPSA) is 66.8 Å². The number of aromatic hydroxyl groups is 2. The molecule has 2 N–H and O–H groups in total. The first-order valence-corrected chi connectivity index (χ1v) is 9.72. The van der Waals surface area contributed by atoms with E-state index in [9.17, 15) is 15.0 Å². The zero-order valence-electron chi connectivity index (χ0n) is 16.6. The lowest BCUT2D eigenvalue weighted by Crippen LogP contribution is -2.26. The Bertz CT molecular complexity index is 971. The summed E-state index contributed by atoms with van der Waals surface area (Å²) in [6, 6.07) is 12.9. The molecule has 3 rings (SSSR count). The van der Waals surface area contributed by atoms with Gasteiger partial charge in [0.2, 0.25) is 0 Å². The standard InChI is InChI=1S/C25H26O4/c1-18(2)24(28)29-16-8-9-19-12-13-21(23(27)17-19)25(14-6-3-7-15-25)20-10-4-5-11-22(20)26/h3-7,10-14,17,26-27H,1,8-9,15-16H2,2H3. The van der Waals surface area contributed by atoms with Crippen LogP contribution in [0.5, 0.6) is 11.5 Å². The average Bonchev–Trinajstić information content (AvgIpc) is 2.72. The van der Waals surface area contributed by atoms with Crippen molar-refractivity contribution in [2.45, 2.75) is 31.6 Å². The average molecular weight is 390 g/mol. The number of para-hydroxylation sites is 1. The third-order valence-corrected chi connectivity index (χ3v) is 5.19. The van der Waals surface area contributed by atoms with Crippen molar-refractivity contribution in [3.63, 3.8) is 0 Å². The van der Waals surface area contributed by atoms with Crippen molar-refractivity contribution in [1.29, 1.82) is 0 Å². The van der Waals surface area contributed by atoms with Gasteiger partial charge >= 0.3 is 5.97 Å². The van der Waals surface area contributed by atoms with Crippen molar-refractivity contribution in [1.82, 2.24) is 0 Å². The molecule has 29 heavy (non-hydrogen) atoms. The molecule has 1 aliphatic rings. The van der Waals surface area contributed by atoms with Crippen LogP contribution in [0.3, 0.4) is 0 Å². The predicted molar refractivity (Wildman–Crippen MR) is 114 cm³/mol. The third-order valence-electron chi connectivity index (χ3n) is 5.19. The first kappa shape index (κ1) is 20.5. The molecule has 1 aliphatic carbocycles. The van der Waals surface area contributed by atoms with Crippen LogP contribution in [0.4, 0.5) is 0 Å². The number of phenols is 2. The van der Waals surface area contributed by atoms with Crippen molar-refractivity contribution in [2.75, 3.05) is 6.61 Å². The molecule has 0 radical (unpaired) electrons. The van der Waals surface area contributed by atoms with E-state index in [1.807, 2.05) is 48.6 Å². The minimum absolute atomic E-state index is 0.185. The summed E-state index contributed by atoms with van der Waals surface area (Å²) in [5.74, 6) is 0.00448. The fraction of sp³-hybridized carbons (Fsp3) is 0.240. The van der Waals surface area contributed by atoms with Crippen molar-refractivity contribution < 1.29 is 19.7 Å². The zero-order chi connectivity index (χ0) is 20.9. The van der Waals surface area contributed by atoms with E-state index in [4.69, 9.17) is 4.74 Å². The van der Waals surface area contributed by atoms with Gasteiger partial charge in [0.1, 0.15) is 11.5 Å². The van der Waals surface area contributed by atoms with Gasteiger partial charge in [-0.3, -0.25) is 0 Å². The van der Waals surface area contributed by atoms with E-state index in [1.54, 1.807) is 25.1 Å². The Kier molecular flexibility index (Phi) is 6.23. The number of hydrogen-bond donors (Lipinski definition) is 2. The maximum atomic E-state index is 11.4. The second-order valence-corrected chi connectivity index (χ2v) is 7.35. The lowest BCUT2D eigenvalue weighted by Gasteiger charge is -2.33. The molecule has 2 aromatic rings. The second kappa shape index (κ2) is 8.82. The summed E-state index contributed by atoms with van der Waals surface area (Å²) < 4.78 is 5.12. The van der Waals surface area contributed by atoms with Crippen LogP contribution in [-0.4, -0.2) is 22.8 Å². The van der Waals surface area contributed by atoms with Crippen LogP contribution in [0.1, 0.15) is 36.5 Å². The minimum Gasteiger partial charge on any atom is -0.508 e. The maximum Gasteiger partial charge on any atom is 0.333 e. The largest absolute Gasteiger partial charge is 0.508 e. The Morgan fingerprint density at radius 2 is 1.86 bits per heavy atom. The molecular formula is C25H26O4. The summed E-state index contributed by atoms with van der Waals surface area (Å²) >= 11 is 0. The van der Waals surface area contributed by atoms with Crippen LogP contribution < -0.4 is 0 Å². The predicted octanol–water partition coefficient (Wildman–Crippen LogP) is 4.95. The number of esters is 1. The van der Waals surface area contributed by atoms with Gasteiger partial charge < -0.3 is 14.9 Å². The number of ether oxygens (including phenoxy) is 1. The van der Waals surface area contributed by atoms with E-state index in [0.29, 0.717) is 31.4 Å². The number of rotatable bonds is 7. The molecule has 0 spiro atoms. The van der Waals surface area contributed by atoms with Crippen LogP contribution in [0.15, 0.2) is 78.9 Å². The van der Waals surface area contributed by atoms with E-state index >= 15 is 0 Å². The molecule has 0 fully saturated rings. The van der Waals surface area contributed by atoms with E-state index in [0.717, 1.165) is 16.7 Å². The second-order valence-electron chi connectivity index (χ2n) is 7.35. The monoisotopic (exact) mass is 390 g/mol. The van der Waals surface area contributed by atoms with Gasteiger partial charge in [0.25, 0.3) is 0 Å². The van der Waals surface area contributed by atoms with Gasteiger partial charge in [-0.25, -0.2) is 4.79 Å². The summed E-state index contributed by atoms with van der Waals surface area (Å²) in [5, 5.41) is 21.3. The minimum atomic E-state index is -0.625. The van der Waals surface area contributed by atoms with Gasteiger partial charge in [-0.05, 0) is 43.9 Å². The smallest absolute Gasteiger partial charge is 0.333 e. The summed E-state index contributed by atoms with van der Waals surface area (Å²) in [4.78, 5) is 11.4. The molecule has 4 heteroatoms. The fourth-order valence-electron chi connectivity index (χ4n) is 3.69. The lowest BCUT2D eigenvalue weighted by atomic mass is 9.69. The number of carbonyl (C=O) groups is 1. The molecule has 0 aromatic heterocycles. The van der Waals surface area contributed by atoms with Crippen LogP contribution in [0, 0.1) is 0 Å². The number of carbonyl (C=O) groups excluding carboxylic acids is 1. The van der Waals surface area contributed by atoms with Crippen molar-refractivity contribution >= 4 is 5.97 Å². The Balaban J connectivity index is 1.82. The summed E-state index contributed by atoms with van der Waals surface area (Å²) in [5.41, 5.74) is 2.23. The van der Waals surface area contributed by atoms with Gasteiger partial charge in [-0.1, -0.05) is 61.2 Å². The lowest BCUT2D eigenvalue weighted by molar-refractivity contribution is -0.139. The molecule has 4 nitrogen and oxygen atoms in total. The Morgan fingerprint density at radius 3 is 2.52 bits per heavy atom. The number of benzene rings is 2. The molecule has 0 aliphatic heterocycles. The van der Waals surface area contributed by atoms with E-state index in [1.165, 1.54) is 0 Å². The molecular weight excluding hydrogens is 364 g/mol. The fourth-order valence-corrected chi connectivity index (χ4v) is 3.69.